The predicted octanol–water partition coefficient (Wildman–Crippen LogP) is 5.25. The van der Waals surface area contributed by atoms with Crippen LogP contribution in [0.25, 0.3) is 0 Å². The number of likely N-dealkylation sites (N-methyl/N-ethyl adjacent to an activating group) is 1. The fourth-order valence-electron chi connectivity index (χ4n) is 4.53. The van der Waals surface area contributed by atoms with Crippen LogP contribution in [0.4, 0.5) is 10.5 Å². The minimum Gasteiger partial charge on any atom is -0.489 e. The number of nitrogens with zero attached hydrogens (tertiary/aromatic N) is 2. The number of hydrogen-bond acceptors (Lipinski definition) is 6. The summed E-state index contributed by atoms with van der Waals surface area (Å²) < 4.78 is 11.3. The van der Waals surface area contributed by atoms with Gasteiger partial charge in [-0.25, -0.2) is 4.79 Å². The van der Waals surface area contributed by atoms with Gasteiger partial charge in [-0.2, -0.15) is 0 Å². The molecule has 0 aliphatic carbocycles. The molecule has 0 radical (unpaired) electrons. The zero-order chi connectivity index (χ0) is 27.7. The first-order valence-corrected chi connectivity index (χ1v) is 13.2. The van der Waals surface area contributed by atoms with E-state index in [0.717, 1.165) is 41.9 Å². The molecule has 0 spiro atoms. The van der Waals surface area contributed by atoms with Crippen molar-refractivity contribution in [3.05, 3.63) is 125 Å². The van der Waals surface area contributed by atoms with Gasteiger partial charge in [-0.15, -0.1) is 0 Å². The third kappa shape index (κ3) is 7.24. The van der Waals surface area contributed by atoms with Crippen molar-refractivity contribution in [3.8, 4) is 5.75 Å². The highest BCUT2D eigenvalue weighted by atomic mass is 16.5. The molecule has 1 aliphatic heterocycles. The predicted molar refractivity (Wildman–Crippen MR) is 153 cm³/mol. The fraction of sp³-hybridized carbons (Fsp3) is 0.219. The summed E-state index contributed by atoms with van der Waals surface area (Å²) in [6.45, 7) is 2.24. The molecule has 8 heteroatoms. The third-order valence-corrected chi connectivity index (χ3v) is 6.70. The van der Waals surface area contributed by atoms with Gasteiger partial charge in [0.1, 0.15) is 25.0 Å². The van der Waals surface area contributed by atoms with E-state index in [-0.39, 0.29) is 6.61 Å². The minimum atomic E-state index is -0.995. The molecule has 0 saturated heterocycles. The van der Waals surface area contributed by atoms with E-state index >= 15 is 0 Å². The van der Waals surface area contributed by atoms with E-state index in [2.05, 4.69) is 27.6 Å². The number of nitrogens with one attached hydrogen (secondary N) is 2. The molecule has 1 aliphatic rings. The van der Waals surface area contributed by atoms with Crippen LogP contribution in [0.15, 0.2) is 97.2 Å². The third-order valence-electron chi connectivity index (χ3n) is 6.70. The highest BCUT2D eigenvalue weighted by Crippen LogP contribution is 2.23. The lowest BCUT2D eigenvalue weighted by molar-refractivity contribution is -0.118. The molecule has 2 heterocycles. The average molecular weight is 537 g/mol. The zero-order valence-electron chi connectivity index (χ0n) is 22.4. The van der Waals surface area contributed by atoms with Crippen molar-refractivity contribution in [1.29, 1.82) is 0 Å². The Morgan fingerprint density at radius 3 is 2.30 bits per heavy atom. The van der Waals surface area contributed by atoms with Gasteiger partial charge in [-0.1, -0.05) is 72.8 Å². The first-order valence-electron chi connectivity index (χ1n) is 13.2. The van der Waals surface area contributed by atoms with E-state index < -0.39 is 18.0 Å². The number of amides is 2. The van der Waals surface area contributed by atoms with Crippen LogP contribution in [-0.2, 0) is 35.7 Å². The Labute approximate surface area is 234 Å². The van der Waals surface area contributed by atoms with Gasteiger partial charge in [0, 0.05) is 25.2 Å². The number of aromatic nitrogens is 1. The number of hydrogen-bond donors (Lipinski definition) is 2. The molecule has 0 bridgehead atoms. The van der Waals surface area contributed by atoms with Crippen molar-refractivity contribution in [1.82, 2.24) is 15.2 Å². The molecule has 4 aromatic rings. The molecule has 1 aromatic heterocycles. The quantitative estimate of drug-likeness (QED) is 0.303. The summed E-state index contributed by atoms with van der Waals surface area (Å²) in [7, 11) is 2.06. The normalized spacial score (nSPS) is 13.5. The topological polar surface area (TPSA) is 92.8 Å². The summed E-state index contributed by atoms with van der Waals surface area (Å²) in [6.07, 6.45) is 1.84. The largest absolute Gasteiger partial charge is 0.489 e. The number of fused-ring (bicyclic) bond motifs is 1. The number of carbonyl (C=O) groups is 2. The molecular weight excluding hydrogens is 504 g/mol. The van der Waals surface area contributed by atoms with Gasteiger partial charge in [0.25, 0.3) is 5.91 Å². The second kappa shape index (κ2) is 12.9. The lowest BCUT2D eigenvalue weighted by atomic mass is 10.0. The van der Waals surface area contributed by atoms with E-state index in [9.17, 15) is 9.59 Å². The number of rotatable bonds is 9. The number of benzene rings is 3. The SMILES string of the molecule is CN1CCc2ncc(NC(=O)[C@@H](NC(=O)OCc3ccccc3)c3ccc(OCc4ccccc4)cc3)cc2C1. The highest BCUT2D eigenvalue weighted by molar-refractivity contribution is 5.97. The molecule has 204 valence electrons. The van der Waals surface area contributed by atoms with Crippen LogP contribution in [0.2, 0.25) is 0 Å². The van der Waals surface area contributed by atoms with Crippen LogP contribution in [0, 0.1) is 0 Å². The Hall–Kier alpha value is -4.69. The summed E-state index contributed by atoms with van der Waals surface area (Å²) in [6, 6.07) is 27.3. The second-order valence-corrected chi connectivity index (χ2v) is 9.79. The Balaban J connectivity index is 1.30. The van der Waals surface area contributed by atoms with Crippen molar-refractivity contribution in [3.63, 3.8) is 0 Å². The molecule has 0 fully saturated rings. The van der Waals surface area contributed by atoms with E-state index in [1.165, 1.54) is 0 Å². The van der Waals surface area contributed by atoms with E-state index in [1.54, 1.807) is 30.5 Å². The monoisotopic (exact) mass is 536 g/mol. The van der Waals surface area contributed by atoms with Crippen LogP contribution >= 0.6 is 0 Å². The smallest absolute Gasteiger partial charge is 0.408 e. The van der Waals surface area contributed by atoms with Crippen LogP contribution in [-0.4, -0.2) is 35.5 Å². The number of anilines is 1. The maximum absolute atomic E-state index is 13.5. The zero-order valence-corrected chi connectivity index (χ0v) is 22.4. The Morgan fingerprint density at radius 2 is 1.60 bits per heavy atom. The molecule has 8 nitrogen and oxygen atoms in total. The molecule has 3 aromatic carbocycles. The van der Waals surface area contributed by atoms with Gasteiger partial charge >= 0.3 is 6.09 Å². The molecule has 2 N–H and O–H groups in total. The molecule has 40 heavy (non-hydrogen) atoms. The summed E-state index contributed by atoms with van der Waals surface area (Å²) in [5.41, 5.74) is 5.19. The molecule has 0 saturated carbocycles. The molecule has 1 atom stereocenters. The first kappa shape index (κ1) is 26.9. The maximum Gasteiger partial charge on any atom is 0.408 e. The minimum absolute atomic E-state index is 0.0928. The van der Waals surface area contributed by atoms with Crippen LogP contribution < -0.4 is 15.4 Å². The van der Waals surface area contributed by atoms with E-state index in [4.69, 9.17) is 9.47 Å². The van der Waals surface area contributed by atoms with Crippen molar-refractivity contribution in [2.75, 3.05) is 18.9 Å². The number of pyridine rings is 1. The first-order chi connectivity index (χ1) is 19.5. The van der Waals surface area contributed by atoms with Crippen molar-refractivity contribution >= 4 is 17.7 Å². The van der Waals surface area contributed by atoms with Gasteiger partial charge in [0.2, 0.25) is 0 Å². The molecular formula is C32H32N4O4. The second-order valence-electron chi connectivity index (χ2n) is 9.79. The molecule has 2 amide bonds. The molecule has 5 rings (SSSR count). The lowest BCUT2D eigenvalue weighted by Crippen LogP contribution is -2.37. The van der Waals surface area contributed by atoms with E-state index in [1.807, 2.05) is 66.7 Å². The number of ether oxygens (including phenoxy) is 2. The standard InChI is InChI=1S/C32H32N4O4/c1-36-17-16-29-26(20-36)18-27(19-33-29)34-31(37)30(35-32(38)40-22-24-10-6-3-7-11-24)25-12-14-28(15-13-25)39-21-23-8-4-2-5-9-23/h2-15,18-19,30H,16-17,20-22H2,1H3,(H,34,37)(H,35,38)/t30-/m0/s1. The summed E-state index contributed by atoms with van der Waals surface area (Å²) in [4.78, 5) is 33.0. The Bertz CT molecular complexity index is 1430. The van der Waals surface area contributed by atoms with Crippen molar-refractivity contribution in [2.24, 2.45) is 0 Å². The summed E-state index contributed by atoms with van der Waals surface area (Å²) in [5.74, 6) is 0.252. The van der Waals surface area contributed by atoms with Crippen LogP contribution in [0.3, 0.4) is 0 Å². The maximum atomic E-state index is 13.5. The van der Waals surface area contributed by atoms with Crippen LogP contribution in [0.5, 0.6) is 5.75 Å². The Morgan fingerprint density at radius 1 is 0.925 bits per heavy atom. The molecule has 0 unspecified atom stereocenters. The highest BCUT2D eigenvalue weighted by Gasteiger charge is 2.25. The Kier molecular flexibility index (Phi) is 8.68. The fourth-order valence-corrected chi connectivity index (χ4v) is 4.53. The lowest BCUT2D eigenvalue weighted by Gasteiger charge is -2.25. The van der Waals surface area contributed by atoms with Gasteiger partial charge in [0.05, 0.1) is 11.9 Å². The van der Waals surface area contributed by atoms with Gasteiger partial charge in [-0.3, -0.25) is 9.78 Å². The number of alkyl carbamates (subject to hydrolysis) is 1. The van der Waals surface area contributed by atoms with Gasteiger partial charge in [-0.05, 0) is 47.5 Å². The average Bonchev–Trinajstić information content (AvgIpc) is 2.99. The van der Waals surface area contributed by atoms with E-state index in [0.29, 0.717) is 23.6 Å². The number of carbonyl (C=O) groups excluding carboxylic acids is 2. The van der Waals surface area contributed by atoms with Gasteiger partial charge < -0.3 is 25.0 Å². The van der Waals surface area contributed by atoms with Crippen molar-refractivity contribution in [2.45, 2.75) is 32.2 Å². The van der Waals surface area contributed by atoms with Gasteiger partial charge in [0.15, 0.2) is 0 Å². The summed E-state index contributed by atoms with van der Waals surface area (Å²) in [5, 5.41) is 5.65. The van der Waals surface area contributed by atoms with Crippen LogP contribution in [0.1, 0.15) is 34.0 Å². The van der Waals surface area contributed by atoms with Crippen molar-refractivity contribution < 1.29 is 19.1 Å². The summed E-state index contributed by atoms with van der Waals surface area (Å²) >= 11 is 0.